The molecule has 0 saturated heterocycles. The quantitative estimate of drug-likeness (QED) is 0.0262. The van der Waals surface area contributed by atoms with Gasteiger partial charge in [0.1, 0.15) is 19.3 Å². The molecule has 0 saturated carbocycles. The third kappa shape index (κ3) is 42.6. The largest absolute Gasteiger partial charge is 0.756 e. The van der Waals surface area contributed by atoms with Gasteiger partial charge >= 0.3 is 5.97 Å². The first-order valence-corrected chi connectivity index (χ1v) is 24.7. The van der Waals surface area contributed by atoms with E-state index in [1.165, 1.54) is 173 Å². The molecule has 0 spiro atoms. The lowest BCUT2D eigenvalue weighted by Gasteiger charge is -2.28. The first kappa shape index (κ1) is 53.5. The Kier molecular flexibility index (Phi) is 39.0. The van der Waals surface area contributed by atoms with Gasteiger partial charge in [0, 0.05) is 13.0 Å². The summed E-state index contributed by atoms with van der Waals surface area (Å²) in [6.45, 7) is 5.47. The first-order chi connectivity index (χ1) is 26.1. The summed E-state index contributed by atoms with van der Waals surface area (Å²) >= 11 is 0. The van der Waals surface area contributed by atoms with Gasteiger partial charge in [0.2, 0.25) is 0 Å². The second-order valence-corrected chi connectivity index (χ2v) is 18.5. The Bertz CT molecular complexity index is 837. The minimum absolute atomic E-state index is 0.0314. The van der Waals surface area contributed by atoms with Crippen LogP contribution < -0.4 is 4.89 Å². The normalized spacial score (nSPS) is 13.7. The molecule has 2 atom stereocenters. The molecular formula is C45H92NO7P. The number of ether oxygens (including phenoxy) is 2. The fourth-order valence-electron chi connectivity index (χ4n) is 6.78. The number of phosphoric ester groups is 1. The Hall–Kier alpha value is -0.500. The van der Waals surface area contributed by atoms with Crippen LogP contribution in [0.2, 0.25) is 0 Å². The molecule has 324 valence electrons. The molecule has 0 aliphatic carbocycles. The summed E-state index contributed by atoms with van der Waals surface area (Å²) in [7, 11) is 1.37. The first-order valence-electron chi connectivity index (χ1n) is 23.3. The van der Waals surface area contributed by atoms with Crippen LogP contribution in [0.25, 0.3) is 0 Å². The molecule has 2 unspecified atom stereocenters. The van der Waals surface area contributed by atoms with Crippen LogP contribution in [0.5, 0.6) is 0 Å². The van der Waals surface area contributed by atoms with E-state index in [2.05, 4.69) is 13.8 Å². The lowest BCUT2D eigenvalue weighted by atomic mass is 10.0. The molecule has 0 aliphatic heterocycles. The number of likely N-dealkylation sites (N-methyl/N-ethyl adjacent to an activating group) is 1. The van der Waals surface area contributed by atoms with Crippen LogP contribution in [-0.2, 0) is 27.9 Å². The number of carbonyl (C=O) groups excluding carboxylic acids is 1. The molecule has 0 radical (unpaired) electrons. The summed E-state index contributed by atoms with van der Waals surface area (Å²) in [4.78, 5) is 25.0. The van der Waals surface area contributed by atoms with E-state index in [-0.39, 0.29) is 25.8 Å². The smallest absolute Gasteiger partial charge is 0.306 e. The van der Waals surface area contributed by atoms with E-state index in [9.17, 15) is 14.3 Å². The van der Waals surface area contributed by atoms with Crippen molar-refractivity contribution in [2.45, 2.75) is 232 Å². The highest BCUT2D eigenvalue weighted by Crippen LogP contribution is 2.38. The predicted octanol–water partition coefficient (Wildman–Crippen LogP) is 13.0. The lowest BCUT2D eigenvalue weighted by molar-refractivity contribution is -0.870. The van der Waals surface area contributed by atoms with Crippen molar-refractivity contribution >= 4 is 13.8 Å². The van der Waals surface area contributed by atoms with E-state index in [1.807, 2.05) is 21.1 Å². The summed E-state index contributed by atoms with van der Waals surface area (Å²) in [6.07, 6.45) is 41.1. The molecule has 0 amide bonds. The lowest BCUT2D eigenvalue weighted by Crippen LogP contribution is -2.37. The molecule has 0 heterocycles. The molecule has 0 fully saturated rings. The predicted molar refractivity (Wildman–Crippen MR) is 227 cm³/mol. The van der Waals surface area contributed by atoms with Gasteiger partial charge in [0.25, 0.3) is 7.82 Å². The average Bonchev–Trinajstić information content (AvgIpc) is 3.12. The van der Waals surface area contributed by atoms with Crippen molar-refractivity contribution in [3.05, 3.63) is 0 Å². The zero-order chi connectivity index (χ0) is 39.9. The van der Waals surface area contributed by atoms with Gasteiger partial charge in [-0.15, -0.1) is 0 Å². The fourth-order valence-corrected chi connectivity index (χ4v) is 7.51. The molecule has 0 bridgehead atoms. The summed E-state index contributed by atoms with van der Waals surface area (Å²) in [6, 6.07) is 0. The van der Waals surface area contributed by atoms with Gasteiger partial charge in [0.15, 0.2) is 0 Å². The molecule has 0 aromatic rings. The monoisotopic (exact) mass is 790 g/mol. The second kappa shape index (κ2) is 39.3. The summed E-state index contributed by atoms with van der Waals surface area (Å²) in [5, 5.41) is 0. The number of hydrogen-bond acceptors (Lipinski definition) is 7. The number of nitrogens with zero attached hydrogens (tertiary/aromatic N) is 1. The number of carbonyl (C=O) groups is 1. The van der Waals surface area contributed by atoms with Crippen molar-refractivity contribution in [2.24, 2.45) is 0 Å². The Balaban J connectivity index is 4.09. The van der Waals surface area contributed by atoms with Crippen molar-refractivity contribution in [2.75, 3.05) is 54.1 Å². The summed E-state index contributed by atoms with van der Waals surface area (Å²) in [5.74, 6) is -0.329. The highest BCUT2D eigenvalue weighted by atomic mass is 31.2. The van der Waals surface area contributed by atoms with E-state index in [0.29, 0.717) is 24.1 Å². The molecule has 0 rings (SSSR count). The van der Waals surface area contributed by atoms with Gasteiger partial charge in [-0.2, -0.15) is 0 Å². The van der Waals surface area contributed by atoms with Crippen LogP contribution in [0.15, 0.2) is 0 Å². The van der Waals surface area contributed by atoms with Crippen molar-refractivity contribution in [3.8, 4) is 0 Å². The Morgan fingerprint density at radius 3 is 1.22 bits per heavy atom. The van der Waals surface area contributed by atoms with Crippen molar-refractivity contribution in [1.82, 2.24) is 0 Å². The molecule has 54 heavy (non-hydrogen) atoms. The maximum atomic E-state index is 12.7. The van der Waals surface area contributed by atoms with E-state index in [1.54, 1.807) is 0 Å². The Labute approximate surface area is 336 Å². The summed E-state index contributed by atoms with van der Waals surface area (Å²) in [5.41, 5.74) is 0. The Morgan fingerprint density at radius 2 is 0.852 bits per heavy atom. The minimum Gasteiger partial charge on any atom is -0.756 e. The Morgan fingerprint density at radius 1 is 0.500 bits per heavy atom. The molecule has 0 N–H and O–H groups in total. The fraction of sp³-hybridized carbons (Fsp3) is 0.978. The molecular weight excluding hydrogens is 697 g/mol. The maximum Gasteiger partial charge on any atom is 0.306 e. The van der Waals surface area contributed by atoms with Crippen molar-refractivity contribution in [3.63, 3.8) is 0 Å². The van der Waals surface area contributed by atoms with Crippen LogP contribution >= 0.6 is 7.82 Å². The van der Waals surface area contributed by atoms with E-state index < -0.39 is 13.9 Å². The van der Waals surface area contributed by atoms with Crippen molar-refractivity contribution < 1.29 is 37.3 Å². The molecule has 0 aliphatic rings. The van der Waals surface area contributed by atoms with Crippen LogP contribution in [0.3, 0.4) is 0 Å². The van der Waals surface area contributed by atoms with Gasteiger partial charge in [-0.05, 0) is 12.8 Å². The second-order valence-electron chi connectivity index (χ2n) is 17.1. The average molecular weight is 790 g/mol. The van der Waals surface area contributed by atoms with Crippen LogP contribution in [-0.4, -0.2) is 70.7 Å². The number of hydrogen-bond donors (Lipinski definition) is 0. The van der Waals surface area contributed by atoms with E-state index in [0.717, 1.165) is 32.1 Å². The molecule has 0 aromatic heterocycles. The number of rotatable bonds is 44. The minimum atomic E-state index is -4.51. The molecule has 8 nitrogen and oxygen atoms in total. The van der Waals surface area contributed by atoms with Gasteiger partial charge < -0.3 is 27.9 Å². The SMILES string of the molecule is CCCCCCCCCCCCCCCCCCCCCCOCC(COP(=O)([O-])OCC[N+](C)(C)C)OC(=O)CCCCCCCCCCCCCC. The van der Waals surface area contributed by atoms with Crippen LogP contribution in [0.4, 0.5) is 0 Å². The molecule has 0 aromatic carbocycles. The standard InChI is InChI=1S/C45H92NO7P/c1-6-8-10-12-14-16-18-20-21-22-23-24-25-26-27-29-31-33-35-37-40-50-42-44(43-52-54(48,49)51-41-39-46(3,4)5)53-45(47)38-36-34-32-30-28-19-17-15-13-11-9-7-2/h44H,6-43H2,1-5H3. The van der Waals surface area contributed by atoms with E-state index in [4.69, 9.17) is 18.5 Å². The zero-order valence-electron chi connectivity index (χ0n) is 36.7. The van der Waals surface area contributed by atoms with Gasteiger partial charge in [-0.3, -0.25) is 9.36 Å². The van der Waals surface area contributed by atoms with Gasteiger partial charge in [-0.1, -0.05) is 206 Å². The highest BCUT2D eigenvalue weighted by molar-refractivity contribution is 7.45. The van der Waals surface area contributed by atoms with E-state index >= 15 is 0 Å². The van der Waals surface area contributed by atoms with Crippen LogP contribution in [0.1, 0.15) is 226 Å². The van der Waals surface area contributed by atoms with Crippen molar-refractivity contribution in [1.29, 1.82) is 0 Å². The zero-order valence-corrected chi connectivity index (χ0v) is 37.6. The summed E-state index contributed by atoms with van der Waals surface area (Å²) < 4.78 is 34.6. The molecule has 9 heteroatoms. The number of unbranched alkanes of at least 4 members (excludes halogenated alkanes) is 30. The van der Waals surface area contributed by atoms with Gasteiger partial charge in [0.05, 0.1) is 34.4 Å². The number of quaternary nitrogens is 1. The number of phosphoric acid groups is 1. The topological polar surface area (TPSA) is 94.1 Å². The number of esters is 1. The maximum absolute atomic E-state index is 12.7. The van der Waals surface area contributed by atoms with Crippen LogP contribution in [0, 0.1) is 0 Å². The third-order valence-electron chi connectivity index (χ3n) is 10.4. The third-order valence-corrected chi connectivity index (χ3v) is 11.4. The van der Waals surface area contributed by atoms with Gasteiger partial charge in [-0.25, -0.2) is 0 Å². The highest BCUT2D eigenvalue weighted by Gasteiger charge is 2.20.